The molecular formula is C54H32N2O2S. The number of para-hydroxylation sites is 5. The largest absolute Gasteiger partial charge is 0.456 e. The van der Waals surface area contributed by atoms with Crippen molar-refractivity contribution >= 4 is 114 Å². The fraction of sp³-hybridized carbons (Fsp3) is 0. The first-order valence-electron chi connectivity index (χ1n) is 19.9. The summed E-state index contributed by atoms with van der Waals surface area (Å²) < 4.78 is 18.2. The van der Waals surface area contributed by atoms with Crippen molar-refractivity contribution in [1.29, 1.82) is 0 Å². The van der Waals surface area contributed by atoms with Gasteiger partial charge in [0.25, 0.3) is 0 Å². The van der Waals surface area contributed by atoms with Crippen LogP contribution in [0.15, 0.2) is 203 Å². The lowest BCUT2D eigenvalue weighted by atomic mass is 9.99. The van der Waals surface area contributed by atoms with Gasteiger partial charge >= 0.3 is 0 Å². The van der Waals surface area contributed by atoms with Crippen molar-refractivity contribution in [3.63, 3.8) is 0 Å². The van der Waals surface area contributed by atoms with Crippen LogP contribution in [0.5, 0.6) is 0 Å². The first kappa shape index (κ1) is 32.5. The molecule has 0 aliphatic carbocycles. The first-order chi connectivity index (χ1) is 29.3. The van der Waals surface area contributed by atoms with Crippen molar-refractivity contribution < 1.29 is 8.83 Å². The molecule has 0 saturated heterocycles. The second-order valence-corrected chi connectivity index (χ2v) is 16.2. The molecule has 4 nitrogen and oxygen atoms in total. The van der Waals surface area contributed by atoms with E-state index in [-0.39, 0.29) is 0 Å². The van der Waals surface area contributed by atoms with E-state index in [4.69, 9.17) is 8.83 Å². The van der Waals surface area contributed by atoms with Gasteiger partial charge in [0.1, 0.15) is 16.7 Å². The fourth-order valence-corrected chi connectivity index (χ4v) is 10.7. The van der Waals surface area contributed by atoms with Gasteiger partial charge in [-0.05, 0) is 77.9 Å². The number of thiophene rings is 1. The van der Waals surface area contributed by atoms with Crippen LogP contribution in [0.25, 0.3) is 103 Å². The monoisotopic (exact) mass is 772 g/mol. The number of aromatic nitrogens is 1. The van der Waals surface area contributed by atoms with Gasteiger partial charge in [-0.15, -0.1) is 11.3 Å². The zero-order valence-electron chi connectivity index (χ0n) is 31.6. The van der Waals surface area contributed by atoms with E-state index in [0.29, 0.717) is 0 Å². The molecule has 4 aromatic heterocycles. The Labute approximate surface area is 342 Å². The van der Waals surface area contributed by atoms with Gasteiger partial charge in [0.05, 0.1) is 33.5 Å². The molecule has 0 saturated carbocycles. The number of rotatable bonds is 5. The number of hydrogen-bond donors (Lipinski definition) is 0. The van der Waals surface area contributed by atoms with Crippen LogP contribution < -0.4 is 4.90 Å². The van der Waals surface area contributed by atoms with E-state index in [1.54, 1.807) is 0 Å². The predicted molar refractivity (Wildman–Crippen MR) is 248 cm³/mol. The van der Waals surface area contributed by atoms with E-state index in [0.717, 1.165) is 66.6 Å². The molecule has 0 fully saturated rings. The molecule has 0 amide bonds. The van der Waals surface area contributed by atoms with Crippen molar-refractivity contribution in [3.05, 3.63) is 194 Å². The van der Waals surface area contributed by atoms with Gasteiger partial charge in [-0.25, -0.2) is 0 Å². The highest BCUT2D eigenvalue weighted by atomic mass is 32.1. The third-order valence-electron chi connectivity index (χ3n) is 12.0. The van der Waals surface area contributed by atoms with Gasteiger partial charge in [0, 0.05) is 52.8 Å². The summed E-state index contributed by atoms with van der Waals surface area (Å²) in [5, 5.41) is 9.24. The lowest BCUT2D eigenvalue weighted by Gasteiger charge is -2.27. The lowest BCUT2D eigenvalue weighted by molar-refractivity contribution is 0.668. The molecule has 0 bridgehead atoms. The molecular weight excluding hydrogens is 741 g/mol. The van der Waals surface area contributed by atoms with Crippen LogP contribution in [0.1, 0.15) is 0 Å². The fourth-order valence-electron chi connectivity index (χ4n) is 9.48. The van der Waals surface area contributed by atoms with E-state index < -0.39 is 0 Å². The molecule has 0 unspecified atom stereocenters. The highest BCUT2D eigenvalue weighted by Gasteiger charge is 2.27. The Bertz CT molecular complexity index is 3770. The summed E-state index contributed by atoms with van der Waals surface area (Å²) in [4.78, 5) is 2.41. The molecule has 13 rings (SSSR count). The van der Waals surface area contributed by atoms with Crippen LogP contribution in [0.2, 0.25) is 0 Å². The normalized spacial score (nSPS) is 12.1. The summed E-state index contributed by atoms with van der Waals surface area (Å²) in [5.74, 6) is 0. The Balaban J connectivity index is 1.11. The van der Waals surface area contributed by atoms with Crippen LogP contribution in [-0.4, -0.2) is 4.57 Å². The van der Waals surface area contributed by atoms with Crippen LogP contribution >= 0.6 is 11.3 Å². The zero-order chi connectivity index (χ0) is 38.6. The summed E-state index contributed by atoms with van der Waals surface area (Å²) in [6, 6.07) is 69.4. The van der Waals surface area contributed by atoms with Gasteiger partial charge in [-0.3, -0.25) is 0 Å². The smallest absolute Gasteiger partial charge is 0.159 e. The van der Waals surface area contributed by atoms with Gasteiger partial charge in [-0.2, -0.15) is 0 Å². The van der Waals surface area contributed by atoms with Gasteiger partial charge in [-0.1, -0.05) is 127 Å². The lowest BCUT2D eigenvalue weighted by Crippen LogP contribution is -2.11. The van der Waals surface area contributed by atoms with E-state index in [9.17, 15) is 0 Å². The third-order valence-corrected chi connectivity index (χ3v) is 13.2. The number of fused-ring (bicyclic) bond motifs is 12. The molecule has 59 heavy (non-hydrogen) atoms. The molecule has 0 atom stereocenters. The average Bonchev–Trinajstić information content (AvgIpc) is 4.06. The van der Waals surface area contributed by atoms with E-state index in [1.807, 2.05) is 23.5 Å². The summed E-state index contributed by atoms with van der Waals surface area (Å²) >= 11 is 1.85. The molecule has 4 heterocycles. The number of hydrogen-bond acceptors (Lipinski definition) is 4. The Kier molecular flexibility index (Phi) is 6.85. The Morgan fingerprint density at radius 3 is 1.81 bits per heavy atom. The average molecular weight is 773 g/mol. The topological polar surface area (TPSA) is 34.5 Å². The van der Waals surface area contributed by atoms with Crippen molar-refractivity contribution in [2.75, 3.05) is 4.90 Å². The second-order valence-electron chi connectivity index (χ2n) is 15.2. The van der Waals surface area contributed by atoms with Crippen molar-refractivity contribution in [2.24, 2.45) is 0 Å². The highest BCUT2D eigenvalue weighted by molar-refractivity contribution is 7.26. The molecule has 276 valence electrons. The number of furan rings is 2. The number of benzene rings is 9. The van der Waals surface area contributed by atoms with Gasteiger partial charge < -0.3 is 18.3 Å². The summed E-state index contributed by atoms with van der Waals surface area (Å²) in [7, 11) is 0. The molecule has 0 aliphatic rings. The van der Waals surface area contributed by atoms with E-state index in [1.165, 1.54) is 53.1 Å². The predicted octanol–water partition coefficient (Wildman–Crippen LogP) is 16.1. The molecule has 5 heteroatoms. The number of anilines is 3. The first-order valence-corrected chi connectivity index (χ1v) is 20.7. The van der Waals surface area contributed by atoms with Crippen molar-refractivity contribution in [3.8, 4) is 16.8 Å². The third kappa shape index (κ3) is 4.71. The van der Waals surface area contributed by atoms with Crippen molar-refractivity contribution in [2.45, 2.75) is 0 Å². The summed E-state index contributed by atoms with van der Waals surface area (Å²) in [6.45, 7) is 0. The van der Waals surface area contributed by atoms with Gasteiger partial charge in [0.2, 0.25) is 0 Å². The van der Waals surface area contributed by atoms with Crippen LogP contribution in [-0.2, 0) is 0 Å². The summed E-state index contributed by atoms with van der Waals surface area (Å²) in [5.41, 5.74) is 12.4. The highest BCUT2D eigenvalue weighted by Crippen LogP contribution is 2.52. The van der Waals surface area contributed by atoms with Crippen molar-refractivity contribution in [1.82, 2.24) is 4.57 Å². The Morgan fingerprint density at radius 1 is 0.407 bits per heavy atom. The minimum absolute atomic E-state index is 0.842. The maximum Gasteiger partial charge on any atom is 0.159 e. The molecule has 9 aromatic carbocycles. The van der Waals surface area contributed by atoms with Crippen LogP contribution in [0, 0.1) is 0 Å². The Morgan fingerprint density at radius 2 is 1.00 bits per heavy atom. The molecule has 0 radical (unpaired) electrons. The molecule has 0 aliphatic heterocycles. The quantitative estimate of drug-likeness (QED) is 0.175. The minimum Gasteiger partial charge on any atom is -0.456 e. The van der Waals surface area contributed by atoms with E-state index >= 15 is 0 Å². The second kappa shape index (κ2) is 12.4. The zero-order valence-corrected chi connectivity index (χ0v) is 32.4. The van der Waals surface area contributed by atoms with Gasteiger partial charge in [0.15, 0.2) is 5.58 Å². The Hall–Kier alpha value is -7.60. The summed E-state index contributed by atoms with van der Waals surface area (Å²) in [6.07, 6.45) is 0. The number of nitrogens with zero attached hydrogens (tertiary/aromatic N) is 2. The van der Waals surface area contributed by atoms with Crippen LogP contribution in [0.3, 0.4) is 0 Å². The molecule has 0 N–H and O–H groups in total. The maximum atomic E-state index is 6.81. The standard InChI is InChI=1S/C54H32N2O2S/c1-6-22-42-36(16-1)37-17-2-7-23-43(37)55(42)34-15-11-14-33(32-34)35-30-31-45(52-41-20-5-10-29-50(41)59-54(35)52)56(44-24-13-28-49-51(44)40-19-4-9-27-48(40)57-49)46-25-12-21-39-38-18-3-8-26-47(38)58-53(39)46/h1-32H. The SMILES string of the molecule is c1cc(-c2ccc(N(c3cccc4c3oc3ccccc34)c3cccc4oc5ccccc5c34)c3c2sc2ccccc23)cc(-n2c3ccccc3c3ccccc32)c1. The molecule has 13 aromatic rings. The molecule has 0 spiro atoms. The van der Waals surface area contributed by atoms with E-state index in [2.05, 4.69) is 191 Å². The van der Waals surface area contributed by atoms with Crippen LogP contribution in [0.4, 0.5) is 17.1 Å². The maximum absolute atomic E-state index is 6.81. The minimum atomic E-state index is 0.842.